The lowest BCUT2D eigenvalue weighted by Crippen LogP contribution is -2.09. The summed E-state index contributed by atoms with van der Waals surface area (Å²) in [6.45, 7) is 0. The number of azo groups is 1. The first-order valence-electron chi connectivity index (χ1n) is 5.90. The number of H-pyrrole nitrogens is 1. The van der Waals surface area contributed by atoms with E-state index in [4.69, 9.17) is 0 Å². The Kier molecular flexibility index (Phi) is 2.79. The maximum Gasteiger partial charge on any atom is 0.276 e. The summed E-state index contributed by atoms with van der Waals surface area (Å²) in [5, 5.41) is 17.3. The van der Waals surface area contributed by atoms with Crippen LogP contribution in [0.1, 0.15) is 0 Å². The lowest BCUT2D eigenvalue weighted by atomic mass is 10.3. The smallest absolute Gasteiger partial charge is 0.276 e. The van der Waals surface area contributed by atoms with Gasteiger partial charge in [0.1, 0.15) is 17.0 Å². The highest BCUT2D eigenvalue weighted by Gasteiger charge is 2.06. The molecule has 7 nitrogen and oxygen atoms in total. The third-order valence-corrected chi connectivity index (χ3v) is 2.85. The molecule has 0 aliphatic carbocycles. The van der Waals surface area contributed by atoms with Crippen LogP contribution in [-0.2, 0) is 7.05 Å². The van der Waals surface area contributed by atoms with Crippen molar-refractivity contribution < 1.29 is 5.11 Å². The minimum Gasteiger partial charge on any atom is -0.506 e. The van der Waals surface area contributed by atoms with E-state index in [1.807, 2.05) is 0 Å². The minimum atomic E-state index is -0.284. The zero-order valence-electron chi connectivity index (χ0n) is 10.6. The lowest BCUT2D eigenvalue weighted by molar-refractivity contribution is 0.476. The Morgan fingerprint density at radius 1 is 1.25 bits per heavy atom. The van der Waals surface area contributed by atoms with E-state index in [2.05, 4.69) is 20.2 Å². The Balaban J connectivity index is 2.04. The van der Waals surface area contributed by atoms with E-state index in [-0.39, 0.29) is 17.3 Å². The van der Waals surface area contributed by atoms with E-state index in [1.165, 1.54) is 6.07 Å². The maximum absolute atomic E-state index is 11.9. The van der Waals surface area contributed by atoms with Crippen LogP contribution in [-0.4, -0.2) is 19.6 Å². The SMILES string of the molecule is Cn1ccc2nc(N=Nc3ccccc3O)[nH]c(=O)c21. The third kappa shape index (κ3) is 2.05. The number of rotatable bonds is 2. The summed E-state index contributed by atoms with van der Waals surface area (Å²) in [6, 6.07) is 8.25. The molecule has 0 aliphatic rings. The molecule has 0 atom stereocenters. The minimum absolute atomic E-state index is 0.0133. The number of nitrogens with one attached hydrogen (secondary N) is 1. The first kappa shape index (κ1) is 12.1. The molecule has 7 heteroatoms. The van der Waals surface area contributed by atoms with Crippen LogP contribution < -0.4 is 5.56 Å². The Bertz CT molecular complexity index is 863. The number of aryl methyl sites for hydroxylation is 1. The average Bonchev–Trinajstić information content (AvgIpc) is 2.80. The van der Waals surface area contributed by atoms with Gasteiger partial charge in [0.25, 0.3) is 5.56 Å². The molecule has 0 spiro atoms. The summed E-state index contributed by atoms with van der Waals surface area (Å²) in [6.07, 6.45) is 1.75. The number of aromatic nitrogens is 3. The van der Waals surface area contributed by atoms with Crippen LogP contribution >= 0.6 is 0 Å². The molecule has 100 valence electrons. The van der Waals surface area contributed by atoms with Gasteiger partial charge in [0.2, 0.25) is 5.95 Å². The van der Waals surface area contributed by atoms with Gasteiger partial charge in [0.15, 0.2) is 0 Å². The quantitative estimate of drug-likeness (QED) is 0.699. The molecule has 0 saturated carbocycles. The predicted octanol–water partition coefficient (Wildman–Crippen LogP) is 2.38. The fraction of sp³-hybridized carbons (Fsp3) is 0.0769. The van der Waals surface area contributed by atoms with Crippen LogP contribution in [0.2, 0.25) is 0 Å². The van der Waals surface area contributed by atoms with Gasteiger partial charge in [-0.3, -0.25) is 9.78 Å². The average molecular weight is 269 g/mol. The number of hydrogen-bond acceptors (Lipinski definition) is 5. The van der Waals surface area contributed by atoms with Crippen molar-refractivity contribution in [1.82, 2.24) is 14.5 Å². The van der Waals surface area contributed by atoms with Crippen molar-refractivity contribution in [1.29, 1.82) is 0 Å². The van der Waals surface area contributed by atoms with Crippen LogP contribution in [0, 0.1) is 0 Å². The zero-order valence-corrected chi connectivity index (χ0v) is 10.6. The van der Waals surface area contributed by atoms with Crippen molar-refractivity contribution in [3.8, 4) is 5.75 Å². The summed E-state index contributed by atoms with van der Waals surface area (Å²) in [4.78, 5) is 18.6. The normalized spacial score (nSPS) is 11.4. The number of fused-ring (bicyclic) bond motifs is 1. The first-order chi connectivity index (χ1) is 9.65. The predicted molar refractivity (Wildman–Crippen MR) is 73.6 cm³/mol. The molecule has 0 fully saturated rings. The summed E-state index contributed by atoms with van der Waals surface area (Å²) in [5.41, 5.74) is 1.05. The van der Waals surface area contributed by atoms with Crippen LogP contribution in [0.3, 0.4) is 0 Å². The monoisotopic (exact) mass is 269 g/mol. The van der Waals surface area contributed by atoms with Gasteiger partial charge in [0.05, 0.1) is 5.52 Å². The van der Waals surface area contributed by atoms with Gasteiger partial charge < -0.3 is 9.67 Å². The fourth-order valence-corrected chi connectivity index (χ4v) is 1.88. The molecule has 0 saturated heterocycles. The fourth-order valence-electron chi connectivity index (χ4n) is 1.88. The van der Waals surface area contributed by atoms with Crippen molar-refractivity contribution in [2.75, 3.05) is 0 Å². The molecule has 0 amide bonds. The van der Waals surface area contributed by atoms with Gasteiger partial charge in [0, 0.05) is 13.2 Å². The summed E-state index contributed by atoms with van der Waals surface area (Å²) in [5.74, 6) is 0.108. The highest BCUT2D eigenvalue weighted by atomic mass is 16.3. The molecule has 2 heterocycles. The second-order valence-corrected chi connectivity index (χ2v) is 4.24. The van der Waals surface area contributed by atoms with E-state index in [0.29, 0.717) is 16.7 Å². The zero-order chi connectivity index (χ0) is 14.1. The molecule has 1 aromatic carbocycles. The summed E-state index contributed by atoms with van der Waals surface area (Å²) in [7, 11) is 1.77. The van der Waals surface area contributed by atoms with E-state index in [0.717, 1.165) is 0 Å². The number of benzene rings is 1. The number of nitrogens with zero attached hydrogens (tertiary/aromatic N) is 4. The van der Waals surface area contributed by atoms with Crippen molar-refractivity contribution in [2.24, 2.45) is 17.3 Å². The van der Waals surface area contributed by atoms with Gasteiger partial charge in [-0.25, -0.2) is 4.98 Å². The van der Waals surface area contributed by atoms with Gasteiger partial charge in [-0.2, -0.15) is 0 Å². The van der Waals surface area contributed by atoms with E-state index < -0.39 is 0 Å². The highest BCUT2D eigenvalue weighted by molar-refractivity contribution is 5.75. The molecular formula is C13H11N5O2. The third-order valence-electron chi connectivity index (χ3n) is 2.85. The molecular weight excluding hydrogens is 258 g/mol. The Morgan fingerprint density at radius 3 is 2.85 bits per heavy atom. The van der Waals surface area contributed by atoms with Crippen molar-refractivity contribution in [3.05, 3.63) is 46.9 Å². The molecule has 20 heavy (non-hydrogen) atoms. The van der Waals surface area contributed by atoms with Crippen LogP contribution in [0.25, 0.3) is 11.0 Å². The number of aromatic amines is 1. The highest BCUT2D eigenvalue weighted by Crippen LogP contribution is 2.26. The second kappa shape index (κ2) is 4.61. The van der Waals surface area contributed by atoms with Crippen molar-refractivity contribution in [3.63, 3.8) is 0 Å². The van der Waals surface area contributed by atoms with E-state index in [1.54, 1.807) is 42.1 Å². The van der Waals surface area contributed by atoms with Crippen LogP contribution in [0.4, 0.5) is 11.6 Å². The number of phenolic OH excluding ortho intramolecular Hbond substituents is 1. The number of aromatic hydroxyl groups is 1. The number of phenols is 1. The summed E-state index contributed by atoms with van der Waals surface area (Å²) >= 11 is 0. The molecule has 0 bridgehead atoms. The molecule has 0 unspecified atom stereocenters. The van der Waals surface area contributed by atoms with Crippen molar-refractivity contribution in [2.45, 2.75) is 0 Å². The molecule has 3 aromatic rings. The first-order valence-corrected chi connectivity index (χ1v) is 5.90. The Morgan fingerprint density at radius 2 is 2.05 bits per heavy atom. The van der Waals surface area contributed by atoms with Crippen LogP contribution in [0.15, 0.2) is 51.6 Å². The summed E-state index contributed by atoms with van der Waals surface area (Å²) < 4.78 is 1.69. The second-order valence-electron chi connectivity index (χ2n) is 4.24. The molecule has 3 rings (SSSR count). The molecule has 0 radical (unpaired) electrons. The topological polar surface area (TPSA) is 95.6 Å². The molecule has 2 N–H and O–H groups in total. The van der Waals surface area contributed by atoms with E-state index >= 15 is 0 Å². The largest absolute Gasteiger partial charge is 0.506 e. The number of para-hydroxylation sites is 1. The maximum atomic E-state index is 11.9. The standard InChI is InChI=1S/C13H11N5O2/c1-18-7-6-9-11(18)12(20)15-13(14-9)17-16-8-4-2-3-5-10(8)19/h2-7,19H,1H3,(H,14,15,20). The van der Waals surface area contributed by atoms with Gasteiger partial charge >= 0.3 is 0 Å². The number of hydrogen-bond donors (Lipinski definition) is 2. The Labute approximate surface area is 113 Å². The lowest BCUT2D eigenvalue weighted by Gasteiger charge is -1.97. The van der Waals surface area contributed by atoms with Crippen LogP contribution in [0.5, 0.6) is 5.75 Å². The van der Waals surface area contributed by atoms with Gasteiger partial charge in [-0.05, 0) is 18.2 Å². The van der Waals surface area contributed by atoms with Gasteiger partial charge in [-0.15, -0.1) is 10.2 Å². The molecule has 0 aliphatic heterocycles. The molecule has 2 aromatic heterocycles. The van der Waals surface area contributed by atoms with E-state index in [9.17, 15) is 9.90 Å². The van der Waals surface area contributed by atoms with Crippen molar-refractivity contribution >= 4 is 22.7 Å². The Hall–Kier alpha value is -2.96. The van der Waals surface area contributed by atoms with Gasteiger partial charge in [-0.1, -0.05) is 12.1 Å².